The van der Waals surface area contributed by atoms with Crippen molar-refractivity contribution in [3.8, 4) is 11.3 Å². The molecule has 0 amide bonds. The van der Waals surface area contributed by atoms with Crippen LogP contribution < -0.4 is 4.72 Å². The van der Waals surface area contributed by atoms with Crippen LogP contribution in [0.3, 0.4) is 0 Å². The van der Waals surface area contributed by atoms with Crippen LogP contribution in [0.2, 0.25) is 0 Å². The number of hydrogen-bond donors (Lipinski definition) is 2. The van der Waals surface area contributed by atoms with Crippen LogP contribution in [0, 0.1) is 6.92 Å². The molecule has 1 aliphatic rings. The highest BCUT2D eigenvalue weighted by atomic mass is 32.2. The molecule has 1 atom stereocenters. The molecule has 148 valence electrons. The molecule has 28 heavy (non-hydrogen) atoms. The van der Waals surface area contributed by atoms with Gasteiger partial charge >= 0.3 is 0 Å². The first-order valence-electron chi connectivity index (χ1n) is 8.62. The third-order valence-electron chi connectivity index (χ3n) is 4.64. The summed E-state index contributed by atoms with van der Waals surface area (Å²) in [6.07, 6.45) is 2.85. The van der Waals surface area contributed by atoms with E-state index in [-0.39, 0.29) is 22.3 Å². The molecule has 9 nitrogen and oxygen atoms in total. The van der Waals surface area contributed by atoms with Crippen LogP contribution in [0.25, 0.3) is 11.3 Å². The number of rotatable bonds is 5. The van der Waals surface area contributed by atoms with E-state index in [1.165, 1.54) is 17.2 Å². The van der Waals surface area contributed by atoms with Gasteiger partial charge in [0.05, 0.1) is 35.8 Å². The molecule has 0 radical (unpaired) electrons. The molecule has 1 fully saturated rings. The zero-order valence-corrected chi connectivity index (χ0v) is 16.7. The number of aromatic nitrogens is 4. The number of sulfonamides is 1. The number of hydrogen-bond acceptors (Lipinski definition) is 6. The molecular formula is C17H19N5O4S2. The Hall–Kier alpha value is -2.66. The lowest BCUT2D eigenvalue weighted by molar-refractivity contribution is 0.507. The van der Waals surface area contributed by atoms with Crippen molar-refractivity contribution in [1.82, 2.24) is 19.7 Å². The van der Waals surface area contributed by atoms with Gasteiger partial charge in [0.2, 0.25) is 0 Å². The third-order valence-corrected chi connectivity index (χ3v) is 7.67. The van der Waals surface area contributed by atoms with Crippen molar-refractivity contribution in [2.75, 3.05) is 16.2 Å². The summed E-state index contributed by atoms with van der Waals surface area (Å²) < 4.78 is 53.0. The summed E-state index contributed by atoms with van der Waals surface area (Å²) in [6, 6.07) is 8.83. The number of nitrogens with one attached hydrogen (secondary N) is 2. The van der Waals surface area contributed by atoms with E-state index in [0.717, 1.165) is 11.1 Å². The normalized spacial score (nSPS) is 19.0. The Kier molecular flexibility index (Phi) is 4.50. The number of H-pyrrole nitrogens is 1. The molecule has 0 spiro atoms. The van der Waals surface area contributed by atoms with Crippen molar-refractivity contribution in [3.63, 3.8) is 0 Å². The molecule has 2 aromatic heterocycles. The first-order chi connectivity index (χ1) is 13.2. The molecule has 4 rings (SSSR count). The van der Waals surface area contributed by atoms with E-state index in [1.807, 2.05) is 31.2 Å². The monoisotopic (exact) mass is 421 g/mol. The number of sulfone groups is 1. The van der Waals surface area contributed by atoms with Crippen molar-refractivity contribution < 1.29 is 16.8 Å². The Morgan fingerprint density at radius 2 is 2.00 bits per heavy atom. The number of benzene rings is 1. The zero-order valence-electron chi connectivity index (χ0n) is 15.0. The van der Waals surface area contributed by atoms with E-state index in [1.54, 1.807) is 6.07 Å². The van der Waals surface area contributed by atoms with Gasteiger partial charge in [0, 0.05) is 11.6 Å². The van der Waals surface area contributed by atoms with Crippen LogP contribution in [0.1, 0.15) is 18.0 Å². The molecule has 1 aromatic carbocycles. The predicted molar refractivity (Wildman–Crippen MR) is 104 cm³/mol. The number of anilines is 1. The summed E-state index contributed by atoms with van der Waals surface area (Å²) in [4.78, 5) is 6.29. The van der Waals surface area contributed by atoms with Crippen molar-refractivity contribution in [1.29, 1.82) is 0 Å². The molecule has 2 N–H and O–H groups in total. The lowest BCUT2D eigenvalue weighted by Gasteiger charge is -2.14. The van der Waals surface area contributed by atoms with Gasteiger partial charge in [0.25, 0.3) is 10.0 Å². The summed E-state index contributed by atoms with van der Waals surface area (Å²) in [5, 5.41) is 4.44. The largest absolute Gasteiger partial charge is 0.334 e. The van der Waals surface area contributed by atoms with E-state index >= 15 is 0 Å². The predicted octanol–water partition coefficient (Wildman–Crippen LogP) is 1.74. The van der Waals surface area contributed by atoms with Crippen LogP contribution >= 0.6 is 0 Å². The van der Waals surface area contributed by atoms with Crippen molar-refractivity contribution in [3.05, 3.63) is 48.4 Å². The van der Waals surface area contributed by atoms with Gasteiger partial charge in [-0.3, -0.25) is 4.72 Å². The van der Waals surface area contributed by atoms with Gasteiger partial charge in [-0.2, -0.15) is 13.5 Å². The van der Waals surface area contributed by atoms with Crippen LogP contribution in [-0.4, -0.2) is 48.1 Å². The molecule has 1 saturated heterocycles. The summed E-state index contributed by atoms with van der Waals surface area (Å²) in [5.41, 5.74) is 2.46. The molecule has 1 aliphatic heterocycles. The Morgan fingerprint density at radius 3 is 2.61 bits per heavy atom. The lowest BCUT2D eigenvalue weighted by atomic mass is 10.1. The number of nitrogens with zero attached hydrogens (tertiary/aromatic N) is 3. The highest BCUT2D eigenvalue weighted by molar-refractivity contribution is 7.92. The Balaban J connectivity index is 1.76. The molecule has 0 aliphatic carbocycles. The Morgan fingerprint density at radius 1 is 1.25 bits per heavy atom. The van der Waals surface area contributed by atoms with E-state index in [2.05, 4.69) is 19.8 Å². The van der Waals surface area contributed by atoms with Crippen molar-refractivity contribution >= 4 is 25.7 Å². The summed E-state index contributed by atoms with van der Waals surface area (Å²) in [7, 11) is -7.07. The zero-order chi connectivity index (χ0) is 19.9. The first kappa shape index (κ1) is 18.7. The molecule has 0 bridgehead atoms. The van der Waals surface area contributed by atoms with Crippen LogP contribution in [0.5, 0.6) is 0 Å². The van der Waals surface area contributed by atoms with E-state index in [4.69, 9.17) is 0 Å². The maximum absolute atomic E-state index is 12.6. The Bertz CT molecular complexity index is 1200. The van der Waals surface area contributed by atoms with Gasteiger partial charge in [0.15, 0.2) is 14.9 Å². The molecule has 0 unspecified atom stereocenters. The average Bonchev–Trinajstić information content (AvgIpc) is 3.35. The minimum atomic E-state index is -3.90. The van der Waals surface area contributed by atoms with Gasteiger partial charge in [-0.05, 0) is 13.3 Å². The quantitative estimate of drug-likeness (QED) is 0.646. The van der Waals surface area contributed by atoms with E-state index in [9.17, 15) is 16.8 Å². The Labute approximate surface area is 162 Å². The maximum Gasteiger partial charge on any atom is 0.280 e. The van der Waals surface area contributed by atoms with Gasteiger partial charge in [-0.15, -0.1) is 0 Å². The summed E-state index contributed by atoms with van der Waals surface area (Å²) >= 11 is 0. The average molecular weight is 422 g/mol. The lowest BCUT2D eigenvalue weighted by Crippen LogP contribution is -2.20. The van der Waals surface area contributed by atoms with Crippen molar-refractivity contribution in [2.45, 2.75) is 24.4 Å². The molecular weight excluding hydrogens is 402 g/mol. The van der Waals surface area contributed by atoms with Gasteiger partial charge in [-0.1, -0.05) is 29.8 Å². The highest BCUT2D eigenvalue weighted by Gasteiger charge is 2.32. The topological polar surface area (TPSA) is 127 Å². The SMILES string of the molecule is Cc1ccc(-c2cc(NS(=O)(=O)c3cnc[nH]3)n([C@@H]3CCS(=O)(=O)C3)n2)cc1. The molecule has 3 heterocycles. The summed E-state index contributed by atoms with van der Waals surface area (Å²) in [6.45, 7) is 1.97. The van der Waals surface area contributed by atoms with E-state index in [0.29, 0.717) is 12.1 Å². The number of aryl methyl sites for hydroxylation is 1. The minimum absolute atomic E-state index is 0.0597. The van der Waals surface area contributed by atoms with Gasteiger partial charge in [-0.25, -0.2) is 18.1 Å². The fourth-order valence-corrected chi connectivity index (χ4v) is 5.80. The van der Waals surface area contributed by atoms with Crippen LogP contribution in [0.4, 0.5) is 5.82 Å². The fraction of sp³-hybridized carbons (Fsp3) is 0.294. The van der Waals surface area contributed by atoms with Gasteiger partial charge < -0.3 is 4.98 Å². The smallest absolute Gasteiger partial charge is 0.280 e. The molecule has 3 aromatic rings. The second-order valence-corrected chi connectivity index (χ2v) is 10.7. The molecule has 0 saturated carbocycles. The molecule has 11 heteroatoms. The highest BCUT2D eigenvalue weighted by Crippen LogP contribution is 2.31. The number of aromatic amines is 1. The minimum Gasteiger partial charge on any atom is -0.334 e. The fourth-order valence-electron chi connectivity index (χ4n) is 3.17. The van der Waals surface area contributed by atoms with Crippen LogP contribution in [-0.2, 0) is 19.9 Å². The maximum atomic E-state index is 12.6. The third kappa shape index (κ3) is 3.67. The van der Waals surface area contributed by atoms with E-state index < -0.39 is 25.9 Å². The van der Waals surface area contributed by atoms with Crippen LogP contribution in [0.15, 0.2) is 47.9 Å². The standard InChI is InChI=1S/C17H19N5O4S2/c1-12-2-4-13(5-3-12)15-8-16(21-28(25,26)17-9-18-11-19-17)22(20-15)14-6-7-27(23,24)10-14/h2-5,8-9,11,14,21H,6-7,10H2,1H3,(H,18,19)/t14-/m1/s1. The second kappa shape index (κ2) is 6.74. The first-order valence-corrected chi connectivity index (χ1v) is 11.9. The van der Waals surface area contributed by atoms with Gasteiger partial charge in [0.1, 0.15) is 5.82 Å². The van der Waals surface area contributed by atoms with Crippen molar-refractivity contribution in [2.24, 2.45) is 0 Å². The second-order valence-electron chi connectivity index (χ2n) is 6.80. The summed E-state index contributed by atoms with van der Waals surface area (Å²) in [5.74, 6) is 0.206. The number of imidazole rings is 1.